The number of Topliss-reactive ketones (excluding diaryl/α,β-unsaturated/α-hetero) is 1. The summed E-state index contributed by atoms with van der Waals surface area (Å²) in [6, 6.07) is 14.3. The van der Waals surface area contributed by atoms with E-state index >= 15 is 0 Å². The minimum absolute atomic E-state index is 0.178. The number of fused-ring (bicyclic) bond motifs is 1. The Bertz CT molecular complexity index is 860. The zero-order valence-electron chi connectivity index (χ0n) is 14.9. The van der Waals surface area contributed by atoms with Crippen LogP contribution in [-0.4, -0.2) is 24.0 Å². The van der Waals surface area contributed by atoms with Crippen molar-refractivity contribution in [3.8, 4) is 11.5 Å². The second kappa shape index (κ2) is 7.04. The second-order valence-electron chi connectivity index (χ2n) is 6.88. The van der Waals surface area contributed by atoms with Gasteiger partial charge in [-0.1, -0.05) is 30.3 Å². The van der Waals surface area contributed by atoms with E-state index in [1.165, 1.54) is 0 Å². The Morgan fingerprint density at radius 1 is 1.12 bits per heavy atom. The molecule has 5 nitrogen and oxygen atoms in total. The third-order valence-corrected chi connectivity index (χ3v) is 3.52. The van der Waals surface area contributed by atoms with Crippen LogP contribution in [0.4, 0.5) is 0 Å². The van der Waals surface area contributed by atoms with E-state index in [0.717, 1.165) is 5.56 Å². The van der Waals surface area contributed by atoms with E-state index in [2.05, 4.69) is 0 Å². The van der Waals surface area contributed by atoms with Gasteiger partial charge in [0.1, 0.15) is 17.1 Å². The van der Waals surface area contributed by atoms with Crippen molar-refractivity contribution in [3.63, 3.8) is 0 Å². The standard InChI is InChI=1S/C21H20O5/c1-21(2,3)26-19(22)13-24-15-9-10-16-17(12-15)25-18(20(16)23)11-14-7-5-4-6-8-14/h4-12H,13H2,1-3H3/b18-11-. The van der Waals surface area contributed by atoms with E-state index in [1.807, 2.05) is 30.3 Å². The van der Waals surface area contributed by atoms with Crippen molar-refractivity contribution in [1.29, 1.82) is 0 Å². The Kier molecular flexibility index (Phi) is 4.80. The maximum absolute atomic E-state index is 12.4. The van der Waals surface area contributed by atoms with E-state index in [4.69, 9.17) is 14.2 Å². The fourth-order valence-electron chi connectivity index (χ4n) is 2.47. The summed E-state index contributed by atoms with van der Waals surface area (Å²) in [5.74, 6) is 0.472. The molecule has 0 spiro atoms. The highest BCUT2D eigenvalue weighted by Gasteiger charge is 2.28. The van der Waals surface area contributed by atoms with Crippen LogP contribution in [0.25, 0.3) is 6.08 Å². The number of hydrogen-bond acceptors (Lipinski definition) is 5. The lowest BCUT2D eigenvalue weighted by Crippen LogP contribution is -2.27. The molecule has 2 aromatic carbocycles. The Labute approximate surface area is 152 Å². The molecule has 0 aromatic heterocycles. The Morgan fingerprint density at radius 2 is 1.85 bits per heavy atom. The number of carbonyl (C=O) groups is 2. The molecule has 1 heterocycles. The number of hydrogen-bond donors (Lipinski definition) is 0. The smallest absolute Gasteiger partial charge is 0.344 e. The number of carbonyl (C=O) groups excluding carboxylic acids is 2. The maximum Gasteiger partial charge on any atom is 0.344 e. The van der Waals surface area contributed by atoms with Gasteiger partial charge in [0.15, 0.2) is 12.4 Å². The van der Waals surface area contributed by atoms with Gasteiger partial charge in [0, 0.05) is 6.07 Å². The van der Waals surface area contributed by atoms with E-state index < -0.39 is 11.6 Å². The highest BCUT2D eigenvalue weighted by atomic mass is 16.6. The fraction of sp³-hybridized carbons (Fsp3) is 0.238. The number of ketones is 1. The minimum atomic E-state index is -0.564. The number of ether oxygens (including phenoxy) is 3. The van der Waals surface area contributed by atoms with Gasteiger partial charge in [-0.05, 0) is 44.5 Å². The highest BCUT2D eigenvalue weighted by Crippen LogP contribution is 2.34. The van der Waals surface area contributed by atoms with Gasteiger partial charge in [0.05, 0.1) is 5.56 Å². The molecule has 26 heavy (non-hydrogen) atoms. The monoisotopic (exact) mass is 352 g/mol. The van der Waals surface area contributed by atoms with E-state index in [1.54, 1.807) is 45.0 Å². The van der Waals surface area contributed by atoms with Crippen molar-refractivity contribution >= 4 is 17.8 Å². The predicted molar refractivity (Wildman–Crippen MR) is 97.2 cm³/mol. The molecule has 134 valence electrons. The molecule has 0 fully saturated rings. The van der Waals surface area contributed by atoms with E-state index in [9.17, 15) is 9.59 Å². The zero-order chi connectivity index (χ0) is 18.7. The summed E-state index contributed by atoms with van der Waals surface area (Å²) in [5.41, 5.74) is 0.784. The lowest BCUT2D eigenvalue weighted by Gasteiger charge is -2.19. The SMILES string of the molecule is CC(C)(C)OC(=O)COc1ccc2c(c1)O/C(=C\c1ccccc1)C2=O. The molecule has 2 aromatic rings. The predicted octanol–water partition coefficient (Wildman–Crippen LogP) is 4.02. The summed E-state index contributed by atoms with van der Waals surface area (Å²) >= 11 is 0. The first-order chi connectivity index (χ1) is 12.3. The van der Waals surface area contributed by atoms with Gasteiger partial charge in [0.2, 0.25) is 5.78 Å². The summed E-state index contributed by atoms with van der Waals surface area (Å²) in [4.78, 5) is 24.2. The molecule has 0 bridgehead atoms. The molecule has 0 saturated carbocycles. The largest absolute Gasteiger partial charge is 0.482 e. The lowest BCUT2D eigenvalue weighted by molar-refractivity contribution is -0.157. The zero-order valence-corrected chi connectivity index (χ0v) is 14.9. The van der Waals surface area contributed by atoms with Crippen LogP contribution in [0.15, 0.2) is 54.3 Å². The number of rotatable bonds is 4. The van der Waals surface area contributed by atoms with Crippen LogP contribution in [0, 0.1) is 0 Å². The number of allylic oxidation sites excluding steroid dienone is 1. The minimum Gasteiger partial charge on any atom is -0.482 e. The van der Waals surface area contributed by atoms with Gasteiger partial charge in [-0.3, -0.25) is 4.79 Å². The molecular weight excluding hydrogens is 332 g/mol. The van der Waals surface area contributed by atoms with Crippen molar-refractivity contribution in [3.05, 3.63) is 65.4 Å². The molecule has 0 radical (unpaired) electrons. The Morgan fingerprint density at radius 3 is 2.54 bits per heavy atom. The molecule has 0 aliphatic carbocycles. The summed E-state index contributed by atoms with van der Waals surface area (Å²) in [6.45, 7) is 5.16. The normalized spacial score (nSPS) is 14.7. The van der Waals surface area contributed by atoms with Gasteiger partial charge in [-0.15, -0.1) is 0 Å². The van der Waals surface area contributed by atoms with Gasteiger partial charge >= 0.3 is 5.97 Å². The van der Waals surface area contributed by atoms with Crippen LogP contribution in [-0.2, 0) is 9.53 Å². The topological polar surface area (TPSA) is 61.8 Å². The van der Waals surface area contributed by atoms with Crippen LogP contribution in [0.3, 0.4) is 0 Å². The third kappa shape index (κ3) is 4.30. The van der Waals surface area contributed by atoms with Crippen LogP contribution in [0.1, 0.15) is 36.7 Å². The van der Waals surface area contributed by atoms with Crippen LogP contribution < -0.4 is 9.47 Å². The van der Waals surface area contributed by atoms with Gasteiger partial charge in [-0.25, -0.2) is 4.79 Å². The summed E-state index contributed by atoms with van der Waals surface area (Å²) in [7, 11) is 0. The highest BCUT2D eigenvalue weighted by molar-refractivity contribution is 6.14. The van der Waals surface area contributed by atoms with Crippen LogP contribution in [0.5, 0.6) is 11.5 Å². The van der Waals surface area contributed by atoms with Crippen molar-refractivity contribution in [2.24, 2.45) is 0 Å². The summed E-state index contributed by atoms with van der Waals surface area (Å²) in [5, 5.41) is 0. The van der Waals surface area contributed by atoms with Crippen LogP contribution in [0.2, 0.25) is 0 Å². The van der Waals surface area contributed by atoms with Crippen molar-refractivity contribution in [1.82, 2.24) is 0 Å². The third-order valence-electron chi connectivity index (χ3n) is 3.52. The van der Waals surface area contributed by atoms with Crippen molar-refractivity contribution < 1.29 is 23.8 Å². The molecule has 0 unspecified atom stereocenters. The molecule has 0 atom stereocenters. The first-order valence-electron chi connectivity index (χ1n) is 8.30. The summed E-state index contributed by atoms with van der Waals surface area (Å²) < 4.78 is 16.3. The van der Waals surface area contributed by atoms with Crippen LogP contribution >= 0.6 is 0 Å². The Balaban J connectivity index is 1.70. The number of benzene rings is 2. The average molecular weight is 352 g/mol. The molecule has 1 aliphatic rings. The van der Waals surface area contributed by atoms with E-state index in [0.29, 0.717) is 17.1 Å². The van der Waals surface area contributed by atoms with Gasteiger partial charge in [-0.2, -0.15) is 0 Å². The Hall–Kier alpha value is -3.08. The molecule has 3 rings (SSSR count). The molecule has 0 saturated heterocycles. The maximum atomic E-state index is 12.4. The quantitative estimate of drug-likeness (QED) is 0.614. The summed E-state index contributed by atoms with van der Waals surface area (Å²) in [6.07, 6.45) is 1.70. The van der Waals surface area contributed by atoms with Gasteiger partial charge < -0.3 is 14.2 Å². The molecule has 0 amide bonds. The molecular formula is C21H20O5. The number of esters is 1. The van der Waals surface area contributed by atoms with E-state index in [-0.39, 0.29) is 18.1 Å². The van der Waals surface area contributed by atoms with Crippen molar-refractivity contribution in [2.75, 3.05) is 6.61 Å². The molecule has 1 aliphatic heterocycles. The first kappa shape index (κ1) is 17.7. The second-order valence-corrected chi connectivity index (χ2v) is 6.88. The molecule has 0 N–H and O–H groups in total. The van der Waals surface area contributed by atoms with Crippen molar-refractivity contribution in [2.45, 2.75) is 26.4 Å². The average Bonchev–Trinajstić information content (AvgIpc) is 2.88. The lowest BCUT2D eigenvalue weighted by atomic mass is 10.1. The van der Waals surface area contributed by atoms with Gasteiger partial charge in [0.25, 0.3) is 0 Å². The fourth-order valence-corrected chi connectivity index (χ4v) is 2.47. The molecule has 5 heteroatoms. The first-order valence-corrected chi connectivity index (χ1v) is 8.30.